The first-order valence-electron chi connectivity index (χ1n) is 10.8. The van der Waals surface area contributed by atoms with E-state index in [2.05, 4.69) is 16.0 Å². The molecule has 0 aromatic heterocycles. The SMILES string of the molecule is CC(C)CC(N)C(=O)NC(CCC(N)=O)C(=O)NCC(=O)NC(Cc1ccc(O)cc1)C(=O)O. The molecule has 1 rings (SSSR count). The third-order valence-corrected chi connectivity index (χ3v) is 4.81. The monoisotopic (exact) mass is 479 g/mol. The molecule has 0 spiro atoms. The van der Waals surface area contributed by atoms with Gasteiger partial charge in [-0.15, -0.1) is 0 Å². The van der Waals surface area contributed by atoms with Gasteiger partial charge in [-0.3, -0.25) is 19.2 Å². The summed E-state index contributed by atoms with van der Waals surface area (Å²) in [5.74, 6) is -3.88. The van der Waals surface area contributed by atoms with Gasteiger partial charge in [0, 0.05) is 12.8 Å². The number of phenols is 1. The van der Waals surface area contributed by atoms with E-state index in [9.17, 15) is 34.2 Å². The van der Waals surface area contributed by atoms with E-state index < -0.39 is 54.3 Å². The molecule has 0 heterocycles. The Morgan fingerprint density at radius 3 is 2.12 bits per heavy atom. The highest BCUT2D eigenvalue weighted by Gasteiger charge is 2.26. The summed E-state index contributed by atoms with van der Waals surface area (Å²) in [6.45, 7) is 3.21. The summed E-state index contributed by atoms with van der Waals surface area (Å²) in [5, 5.41) is 25.8. The average Bonchev–Trinajstić information content (AvgIpc) is 2.75. The van der Waals surface area contributed by atoms with Crippen molar-refractivity contribution >= 4 is 29.6 Å². The molecule has 3 unspecified atom stereocenters. The number of phenolic OH excluding ortho intramolecular Hbond substituents is 1. The summed E-state index contributed by atoms with van der Waals surface area (Å²) in [5.41, 5.74) is 11.5. The van der Waals surface area contributed by atoms with Crippen LogP contribution in [-0.4, -0.2) is 64.5 Å². The molecule has 0 aliphatic rings. The predicted octanol–water partition coefficient (Wildman–Crippen LogP) is -1.26. The van der Waals surface area contributed by atoms with Gasteiger partial charge >= 0.3 is 5.97 Å². The molecule has 1 aromatic carbocycles. The number of carbonyl (C=O) groups is 5. The van der Waals surface area contributed by atoms with Crippen molar-refractivity contribution in [2.75, 3.05) is 6.54 Å². The zero-order chi connectivity index (χ0) is 25.8. The van der Waals surface area contributed by atoms with E-state index in [-0.39, 0.29) is 30.9 Å². The van der Waals surface area contributed by atoms with Crippen LogP contribution in [0.3, 0.4) is 0 Å². The number of hydrogen-bond donors (Lipinski definition) is 7. The average molecular weight is 480 g/mol. The van der Waals surface area contributed by atoms with Crippen molar-refractivity contribution in [3.05, 3.63) is 29.8 Å². The first-order valence-corrected chi connectivity index (χ1v) is 10.8. The Kier molecular flexibility index (Phi) is 11.5. The van der Waals surface area contributed by atoms with Crippen LogP contribution < -0.4 is 27.4 Å². The number of benzene rings is 1. The lowest BCUT2D eigenvalue weighted by atomic mass is 10.0. The van der Waals surface area contributed by atoms with E-state index in [0.717, 1.165) is 0 Å². The number of aromatic hydroxyl groups is 1. The quantitative estimate of drug-likeness (QED) is 0.171. The number of carboxylic acids is 1. The number of hydrogen-bond acceptors (Lipinski definition) is 7. The topological polar surface area (TPSA) is 214 Å². The highest BCUT2D eigenvalue weighted by atomic mass is 16.4. The van der Waals surface area contributed by atoms with Crippen LogP contribution in [0.4, 0.5) is 0 Å². The number of aliphatic carboxylic acids is 1. The zero-order valence-corrected chi connectivity index (χ0v) is 19.2. The van der Waals surface area contributed by atoms with E-state index in [1.54, 1.807) is 0 Å². The van der Waals surface area contributed by atoms with Crippen LogP contribution in [0, 0.1) is 5.92 Å². The van der Waals surface area contributed by atoms with E-state index in [4.69, 9.17) is 11.5 Å². The van der Waals surface area contributed by atoms with Crippen LogP contribution in [0.25, 0.3) is 0 Å². The van der Waals surface area contributed by atoms with Crippen LogP contribution in [0.1, 0.15) is 38.7 Å². The molecule has 188 valence electrons. The van der Waals surface area contributed by atoms with Gasteiger partial charge in [0.05, 0.1) is 12.6 Å². The van der Waals surface area contributed by atoms with E-state index in [1.165, 1.54) is 24.3 Å². The Balaban J connectivity index is 2.70. The second kappa shape index (κ2) is 13.8. The number of rotatable bonds is 14. The molecule has 12 nitrogen and oxygen atoms in total. The standard InChI is InChI=1S/C22H33N5O7/c1-12(2)9-15(23)20(31)27-16(7-8-18(24)29)21(32)25-11-19(30)26-17(22(33)34)10-13-3-5-14(28)6-4-13/h3-6,12,15-17,28H,7-11,23H2,1-2H3,(H2,24,29)(H,25,32)(H,26,30)(H,27,31)(H,33,34). The van der Waals surface area contributed by atoms with E-state index in [1.807, 2.05) is 13.8 Å². The fourth-order valence-electron chi connectivity index (χ4n) is 3.05. The minimum Gasteiger partial charge on any atom is -0.508 e. The third-order valence-electron chi connectivity index (χ3n) is 4.81. The summed E-state index contributed by atoms with van der Waals surface area (Å²) in [6.07, 6.45) is 0.0650. The summed E-state index contributed by atoms with van der Waals surface area (Å²) in [7, 11) is 0. The molecule has 3 atom stereocenters. The molecule has 0 aliphatic heterocycles. The molecule has 4 amide bonds. The molecule has 12 heteroatoms. The van der Waals surface area contributed by atoms with Gasteiger partial charge in [-0.25, -0.2) is 4.79 Å². The molecule has 0 saturated carbocycles. The first kappa shape index (κ1) is 28.4. The summed E-state index contributed by atoms with van der Waals surface area (Å²) < 4.78 is 0. The minimum atomic E-state index is -1.28. The summed E-state index contributed by atoms with van der Waals surface area (Å²) >= 11 is 0. The number of nitrogens with one attached hydrogen (secondary N) is 3. The zero-order valence-electron chi connectivity index (χ0n) is 19.2. The van der Waals surface area contributed by atoms with Crippen LogP contribution in [0.15, 0.2) is 24.3 Å². The highest BCUT2D eigenvalue weighted by Crippen LogP contribution is 2.11. The molecule has 34 heavy (non-hydrogen) atoms. The van der Waals surface area contributed by atoms with E-state index in [0.29, 0.717) is 12.0 Å². The lowest BCUT2D eigenvalue weighted by Gasteiger charge is -2.21. The van der Waals surface area contributed by atoms with Gasteiger partial charge in [0.25, 0.3) is 0 Å². The summed E-state index contributed by atoms with van der Waals surface area (Å²) in [4.78, 5) is 59.7. The predicted molar refractivity (Wildman–Crippen MR) is 122 cm³/mol. The number of amides is 4. The Hall–Kier alpha value is -3.67. The number of primary amides is 1. The van der Waals surface area contributed by atoms with Crippen molar-refractivity contribution in [2.45, 2.75) is 57.7 Å². The van der Waals surface area contributed by atoms with Crippen molar-refractivity contribution in [3.8, 4) is 5.75 Å². The summed E-state index contributed by atoms with van der Waals surface area (Å²) in [6, 6.07) is 2.55. The first-order chi connectivity index (χ1) is 15.9. The van der Waals surface area contributed by atoms with Crippen molar-refractivity contribution in [1.82, 2.24) is 16.0 Å². The van der Waals surface area contributed by atoms with Gasteiger partial charge in [-0.05, 0) is 36.5 Å². The number of carboxylic acid groups (broad SMARTS) is 1. The molecular formula is C22H33N5O7. The molecule has 0 aliphatic carbocycles. The Morgan fingerprint density at radius 2 is 1.59 bits per heavy atom. The van der Waals surface area contributed by atoms with E-state index >= 15 is 0 Å². The van der Waals surface area contributed by atoms with Crippen LogP contribution in [-0.2, 0) is 30.4 Å². The number of nitrogens with two attached hydrogens (primary N) is 2. The maximum atomic E-state index is 12.5. The van der Waals surface area contributed by atoms with Crippen molar-refractivity contribution in [3.63, 3.8) is 0 Å². The molecule has 0 bridgehead atoms. The molecule has 0 fully saturated rings. The van der Waals surface area contributed by atoms with Crippen LogP contribution in [0.2, 0.25) is 0 Å². The Morgan fingerprint density at radius 1 is 0.971 bits per heavy atom. The Labute approximate surface area is 197 Å². The van der Waals surface area contributed by atoms with Crippen LogP contribution in [0.5, 0.6) is 5.75 Å². The highest BCUT2D eigenvalue weighted by molar-refractivity contribution is 5.93. The van der Waals surface area contributed by atoms with Crippen molar-refractivity contribution in [2.24, 2.45) is 17.4 Å². The van der Waals surface area contributed by atoms with Crippen molar-refractivity contribution in [1.29, 1.82) is 0 Å². The van der Waals surface area contributed by atoms with Crippen LogP contribution >= 0.6 is 0 Å². The minimum absolute atomic E-state index is 0.0190. The lowest BCUT2D eigenvalue weighted by Crippen LogP contribution is -2.54. The van der Waals surface area contributed by atoms with Crippen molar-refractivity contribution < 1.29 is 34.2 Å². The van der Waals surface area contributed by atoms with Gasteiger partial charge in [-0.1, -0.05) is 26.0 Å². The smallest absolute Gasteiger partial charge is 0.326 e. The fourth-order valence-corrected chi connectivity index (χ4v) is 3.05. The largest absolute Gasteiger partial charge is 0.508 e. The Bertz CT molecular complexity index is 873. The van der Waals surface area contributed by atoms with Gasteiger partial charge in [0.1, 0.15) is 17.8 Å². The van der Waals surface area contributed by atoms with Gasteiger partial charge in [0.15, 0.2) is 0 Å². The normalized spacial score (nSPS) is 13.4. The second-order valence-corrected chi connectivity index (χ2v) is 8.35. The lowest BCUT2D eigenvalue weighted by molar-refractivity contribution is -0.141. The maximum absolute atomic E-state index is 12.5. The van der Waals surface area contributed by atoms with Gasteiger partial charge in [0.2, 0.25) is 23.6 Å². The molecule has 0 radical (unpaired) electrons. The fraction of sp³-hybridized carbons (Fsp3) is 0.500. The third kappa shape index (κ3) is 10.8. The maximum Gasteiger partial charge on any atom is 0.326 e. The molecule has 0 saturated heterocycles. The molecular weight excluding hydrogens is 446 g/mol. The molecule has 1 aromatic rings. The van der Waals surface area contributed by atoms with Gasteiger partial charge in [-0.2, -0.15) is 0 Å². The molecule has 9 N–H and O–H groups in total. The number of carbonyl (C=O) groups excluding carboxylic acids is 4. The second-order valence-electron chi connectivity index (χ2n) is 8.35. The van der Waals surface area contributed by atoms with Gasteiger partial charge < -0.3 is 37.6 Å².